The molecule has 100 valence electrons. The highest BCUT2D eigenvalue weighted by Crippen LogP contribution is 2.25. The molecule has 3 aromatic rings. The van der Waals surface area contributed by atoms with Gasteiger partial charge in [0, 0.05) is 12.4 Å². The average Bonchev–Trinajstić information content (AvgIpc) is 2.94. The van der Waals surface area contributed by atoms with Gasteiger partial charge < -0.3 is 9.84 Å². The fourth-order valence-electron chi connectivity index (χ4n) is 1.82. The molecule has 0 aliphatic carbocycles. The molecule has 0 saturated heterocycles. The van der Waals surface area contributed by atoms with E-state index in [4.69, 9.17) is 4.74 Å². The van der Waals surface area contributed by atoms with E-state index in [0.717, 1.165) is 0 Å². The Morgan fingerprint density at radius 3 is 3.00 bits per heavy atom. The Labute approximate surface area is 113 Å². The summed E-state index contributed by atoms with van der Waals surface area (Å²) in [7, 11) is 1.49. The molecule has 1 aromatic carbocycles. The molecule has 0 amide bonds. The number of phenolic OH excluding ortho intramolecular Hbond substituents is 1. The number of methoxy groups -OCH3 is 1. The molecule has 3 rings (SSSR count). The van der Waals surface area contributed by atoms with Crippen molar-refractivity contribution in [3.8, 4) is 11.5 Å². The van der Waals surface area contributed by atoms with E-state index in [2.05, 4.69) is 15.1 Å². The van der Waals surface area contributed by atoms with E-state index in [1.807, 2.05) is 0 Å². The number of rotatable bonds is 3. The van der Waals surface area contributed by atoms with Gasteiger partial charge in [0.05, 0.1) is 18.2 Å². The van der Waals surface area contributed by atoms with Crippen LogP contribution in [0.2, 0.25) is 0 Å². The lowest BCUT2D eigenvalue weighted by atomic mass is 10.0. The van der Waals surface area contributed by atoms with Crippen LogP contribution < -0.4 is 4.74 Å². The first-order valence-electron chi connectivity index (χ1n) is 5.76. The summed E-state index contributed by atoms with van der Waals surface area (Å²) in [5, 5.41) is 13.7. The van der Waals surface area contributed by atoms with Gasteiger partial charge in [-0.2, -0.15) is 10.1 Å². The van der Waals surface area contributed by atoms with Crippen molar-refractivity contribution in [3.05, 3.63) is 48.0 Å². The first kappa shape index (κ1) is 12.1. The van der Waals surface area contributed by atoms with Crippen LogP contribution in [0.15, 0.2) is 36.9 Å². The lowest BCUT2D eigenvalue weighted by molar-refractivity contribution is 0.103. The Bertz CT molecular complexity index is 797. The van der Waals surface area contributed by atoms with Crippen LogP contribution in [-0.4, -0.2) is 37.6 Å². The Morgan fingerprint density at radius 1 is 1.35 bits per heavy atom. The van der Waals surface area contributed by atoms with Crippen molar-refractivity contribution in [2.24, 2.45) is 0 Å². The van der Waals surface area contributed by atoms with Crippen molar-refractivity contribution in [2.45, 2.75) is 0 Å². The second-order valence-corrected chi connectivity index (χ2v) is 4.06. The number of ether oxygens (including phenoxy) is 1. The van der Waals surface area contributed by atoms with Crippen LogP contribution in [0.1, 0.15) is 15.9 Å². The maximum atomic E-state index is 12.4. The standard InChI is InChI=1S/C13H10N4O3/c1-20-9-2-3-11(18)10(4-9)12(19)8-5-14-13-15-7-16-17(13)6-8/h2-7,18H,1H3. The molecule has 0 unspecified atom stereocenters. The van der Waals surface area contributed by atoms with Gasteiger partial charge in [0.25, 0.3) is 5.78 Å². The van der Waals surface area contributed by atoms with Crippen LogP contribution in [-0.2, 0) is 0 Å². The van der Waals surface area contributed by atoms with Gasteiger partial charge in [-0.1, -0.05) is 0 Å². The van der Waals surface area contributed by atoms with Crippen LogP contribution in [0.5, 0.6) is 11.5 Å². The quantitative estimate of drug-likeness (QED) is 0.716. The summed E-state index contributed by atoms with van der Waals surface area (Å²) < 4.78 is 6.44. The zero-order valence-electron chi connectivity index (χ0n) is 10.5. The number of aromatic hydroxyl groups is 1. The van der Waals surface area contributed by atoms with E-state index < -0.39 is 0 Å². The highest BCUT2D eigenvalue weighted by Gasteiger charge is 2.16. The monoisotopic (exact) mass is 270 g/mol. The molecule has 0 fully saturated rings. The van der Waals surface area contributed by atoms with Crippen LogP contribution in [0.25, 0.3) is 5.78 Å². The second-order valence-electron chi connectivity index (χ2n) is 4.06. The summed E-state index contributed by atoms with van der Waals surface area (Å²) in [4.78, 5) is 20.3. The third-order valence-corrected chi connectivity index (χ3v) is 2.85. The van der Waals surface area contributed by atoms with Crippen molar-refractivity contribution in [2.75, 3.05) is 7.11 Å². The van der Waals surface area contributed by atoms with Gasteiger partial charge in [-0.05, 0) is 18.2 Å². The number of nitrogens with zero attached hydrogens (tertiary/aromatic N) is 4. The molecule has 0 aliphatic heterocycles. The minimum absolute atomic E-state index is 0.116. The van der Waals surface area contributed by atoms with Gasteiger partial charge in [-0.25, -0.2) is 9.50 Å². The molecule has 0 bridgehead atoms. The SMILES string of the molecule is COc1ccc(O)c(C(=O)c2cnc3ncnn3c2)c1. The van der Waals surface area contributed by atoms with Crippen molar-refractivity contribution in [3.63, 3.8) is 0 Å². The van der Waals surface area contributed by atoms with Crippen LogP contribution in [0.3, 0.4) is 0 Å². The van der Waals surface area contributed by atoms with E-state index in [1.165, 1.54) is 42.5 Å². The van der Waals surface area contributed by atoms with Crippen LogP contribution in [0.4, 0.5) is 0 Å². The van der Waals surface area contributed by atoms with Gasteiger partial charge >= 0.3 is 0 Å². The number of carbonyl (C=O) groups excluding carboxylic acids is 1. The van der Waals surface area contributed by atoms with E-state index in [-0.39, 0.29) is 17.1 Å². The predicted molar refractivity (Wildman–Crippen MR) is 68.9 cm³/mol. The molecular weight excluding hydrogens is 260 g/mol. The first-order chi connectivity index (χ1) is 9.69. The summed E-state index contributed by atoms with van der Waals surface area (Å²) in [5.41, 5.74) is 0.442. The molecule has 20 heavy (non-hydrogen) atoms. The van der Waals surface area contributed by atoms with Gasteiger partial charge in [0.15, 0.2) is 5.78 Å². The fraction of sp³-hybridized carbons (Fsp3) is 0.0769. The van der Waals surface area contributed by atoms with E-state index in [1.54, 1.807) is 6.07 Å². The molecule has 0 aliphatic rings. The third kappa shape index (κ3) is 1.95. The van der Waals surface area contributed by atoms with Gasteiger partial charge in [-0.15, -0.1) is 0 Å². The maximum Gasteiger partial charge on any atom is 0.252 e. The summed E-state index contributed by atoms with van der Waals surface area (Å²) in [6.45, 7) is 0. The molecule has 0 saturated carbocycles. The normalized spacial score (nSPS) is 10.7. The number of hydrogen-bond donors (Lipinski definition) is 1. The smallest absolute Gasteiger partial charge is 0.252 e. The largest absolute Gasteiger partial charge is 0.507 e. The second kappa shape index (κ2) is 4.61. The van der Waals surface area contributed by atoms with Crippen LogP contribution in [0, 0.1) is 0 Å². The van der Waals surface area contributed by atoms with Crippen molar-refractivity contribution >= 4 is 11.6 Å². The van der Waals surface area contributed by atoms with Gasteiger partial charge in [0.1, 0.15) is 17.8 Å². The molecule has 1 N–H and O–H groups in total. The predicted octanol–water partition coefficient (Wildman–Crippen LogP) is 1.07. The Kier molecular flexibility index (Phi) is 2.79. The highest BCUT2D eigenvalue weighted by atomic mass is 16.5. The summed E-state index contributed by atoms with van der Waals surface area (Å²) in [6, 6.07) is 4.46. The first-order valence-corrected chi connectivity index (χ1v) is 5.76. The number of ketones is 1. The molecule has 7 heteroatoms. The summed E-state index contributed by atoms with van der Waals surface area (Å²) in [6.07, 6.45) is 4.25. The average molecular weight is 270 g/mol. The molecular formula is C13H10N4O3. The minimum Gasteiger partial charge on any atom is -0.507 e. The van der Waals surface area contributed by atoms with E-state index >= 15 is 0 Å². The Hall–Kier alpha value is -2.96. The summed E-state index contributed by atoms with van der Waals surface area (Å²) >= 11 is 0. The number of phenols is 1. The van der Waals surface area contributed by atoms with Crippen molar-refractivity contribution in [1.29, 1.82) is 0 Å². The zero-order valence-corrected chi connectivity index (χ0v) is 10.5. The molecule has 2 heterocycles. The maximum absolute atomic E-state index is 12.4. The van der Waals surface area contributed by atoms with Gasteiger partial charge in [-0.3, -0.25) is 4.79 Å². The lowest BCUT2D eigenvalue weighted by Crippen LogP contribution is -2.05. The number of hydrogen-bond acceptors (Lipinski definition) is 6. The summed E-state index contributed by atoms with van der Waals surface area (Å²) in [5.74, 6) is 0.401. The molecule has 2 aromatic heterocycles. The number of benzene rings is 1. The highest BCUT2D eigenvalue weighted by molar-refractivity contribution is 6.10. The Balaban J connectivity index is 2.07. The minimum atomic E-state index is -0.369. The van der Waals surface area contributed by atoms with Crippen molar-refractivity contribution < 1.29 is 14.6 Å². The van der Waals surface area contributed by atoms with E-state index in [9.17, 15) is 9.90 Å². The molecule has 0 atom stereocenters. The molecule has 0 spiro atoms. The zero-order chi connectivity index (χ0) is 14.1. The number of aromatic nitrogens is 4. The molecule has 0 radical (unpaired) electrons. The van der Waals surface area contributed by atoms with E-state index in [0.29, 0.717) is 17.1 Å². The molecule has 7 nitrogen and oxygen atoms in total. The van der Waals surface area contributed by atoms with Crippen molar-refractivity contribution in [1.82, 2.24) is 19.6 Å². The lowest BCUT2D eigenvalue weighted by Gasteiger charge is -2.06. The fourth-order valence-corrected chi connectivity index (χ4v) is 1.82. The number of carbonyl (C=O) groups is 1. The van der Waals surface area contributed by atoms with Gasteiger partial charge in [0.2, 0.25) is 0 Å². The van der Waals surface area contributed by atoms with Crippen LogP contribution >= 0.6 is 0 Å². The third-order valence-electron chi connectivity index (χ3n) is 2.85. The topological polar surface area (TPSA) is 89.6 Å². The Morgan fingerprint density at radius 2 is 2.20 bits per heavy atom. The number of fused-ring (bicyclic) bond motifs is 1.